The van der Waals surface area contributed by atoms with Crippen LogP contribution in [-0.4, -0.2) is 38.1 Å². The van der Waals surface area contributed by atoms with Crippen LogP contribution in [0.5, 0.6) is 0 Å². The van der Waals surface area contributed by atoms with Gasteiger partial charge in [0.1, 0.15) is 0 Å². The Bertz CT molecular complexity index is 393. The molecule has 0 bridgehead atoms. The van der Waals surface area contributed by atoms with Gasteiger partial charge in [-0.1, -0.05) is 0 Å². The number of nitrogens with zero attached hydrogens (tertiary/aromatic N) is 1. The summed E-state index contributed by atoms with van der Waals surface area (Å²) in [5, 5.41) is 0. The van der Waals surface area contributed by atoms with Gasteiger partial charge in [-0.2, -0.15) is 0 Å². The summed E-state index contributed by atoms with van der Waals surface area (Å²) in [7, 11) is 3.84. The van der Waals surface area contributed by atoms with Gasteiger partial charge in [-0.3, -0.25) is 9.63 Å². The summed E-state index contributed by atoms with van der Waals surface area (Å²) in [5.74, 6) is -0.338. The number of hydroxylamine groups is 1. The monoisotopic (exact) mass is 238 g/mol. The van der Waals surface area contributed by atoms with Gasteiger partial charge >= 0.3 is 0 Å². The average Bonchev–Trinajstić information content (AvgIpc) is 2.27. The number of anilines is 2. The third-order valence-electron chi connectivity index (χ3n) is 2.15. The van der Waals surface area contributed by atoms with Crippen LogP contribution >= 0.6 is 0 Å². The molecule has 1 aromatic rings. The zero-order chi connectivity index (χ0) is 12.8. The summed E-state index contributed by atoms with van der Waals surface area (Å²) in [6.45, 7) is 1.15. The lowest BCUT2D eigenvalue weighted by Gasteiger charge is -2.10. The zero-order valence-electron chi connectivity index (χ0n) is 10.1. The molecule has 0 aliphatic heterocycles. The van der Waals surface area contributed by atoms with Crippen LogP contribution in [0.4, 0.5) is 11.4 Å². The van der Waals surface area contributed by atoms with Crippen molar-refractivity contribution in [1.82, 2.24) is 10.4 Å². The maximum atomic E-state index is 11.6. The first-order valence-electron chi connectivity index (χ1n) is 5.22. The summed E-state index contributed by atoms with van der Waals surface area (Å²) in [6, 6.07) is 4.69. The maximum Gasteiger partial charge on any atom is 0.274 e. The number of hydrogen-bond acceptors (Lipinski definition) is 5. The second kappa shape index (κ2) is 6.07. The second-order valence-electron chi connectivity index (χ2n) is 3.93. The number of carbonyl (C=O) groups excluding carboxylic acids is 1. The number of nitrogens with two attached hydrogens (primary N) is 2. The zero-order valence-corrected chi connectivity index (χ0v) is 10.1. The van der Waals surface area contributed by atoms with E-state index in [2.05, 4.69) is 5.48 Å². The van der Waals surface area contributed by atoms with Crippen LogP contribution in [0.1, 0.15) is 10.4 Å². The molecule has 6 heteroatoms. The van der Waals surface area contributed by atoms with Crippen LogP contribution < -0.4 is 16.9 Å². The van der Waals surface area contributed by atoms with E-state index < -0.39 is 0 Å². The van der Waals surface area contributed by atoms with Crippen LogP contribution in [0.3, 0.4) is 0 Å². The van der Waals surface area contributed by atoms with Gasteiger partial charge in [-0.25, -0.2) is 5.48 Å². The van der Waals surface area contributed by atoms with Crippen molar-refractivity contribution in [3.8, 4) is 0 Å². The minimum absolute atomic E-state index is 0.338. The summed E-state index contributed by atoms with van der Waals surface area (Å²) in [4.78, 5) is 18.6. The first kappa shape index (κ1) is 13.3. The SMILES string of the molecule is CN(C)CCONC(=O)c1ccc(N)c(N)c1. The fraction of sp³-hybridized carbons (Fsp3) is 0.364. The average molecular weight is 238 g/mol. The van der Waals surface area contributed by atoms with Crippen LogP contribution in [0.2, 0.25) is 0 Å². The predicted molar refractivity (Wildman–Crippen MR) is 67.2 cm³/mol. The first-order valence-corrected chi connectivity index (χ1v) is 5.22. The Morgan fingerprint density at radius 2 is 2.06 bits per heavy atom. The normalized spacial score (nSPS) is 10.5. The maximum absolute atomic E-state index is 11.6. The lowest BCUT2D eigenvalue weighted by atomic mass is 10.1. The van der Waals surface area contributed by atoms with Crippen LogP contribution in [-0.2, 0) is 4.84 Å². The van der Waals surface area contributed by atoms with E-state index in [-0.39, 0.29) is 5.91 Å². The van der Waals surface area contributed by atoms with E-state index in [0.29, 0.717) is 23.5 Å². The largest absolute Gasteiger partial charge is 0.397 e. The lowest BCUT2D eigenvalue weighted by Crippen LogP contribution is -2.28. The van der Waals surface area contributed by atoms with Gasteiger partial charge in [-0.05, 0) is 32.3 Å². The molecule has 0 heterocycles. The molecule has 94 valence electrons. The van der Waals surface area contributed by atoms with Crippen molar-refractivity contribution >= 4 is 17.3 Å². The van der Waals surface area contributed by atoms with Crippen molar-refractivity contribution in [3.05, 3.63) is 23.8 Å². The lowest BCUT2D eigenvalue weighted by molar-refractivity contribution is 0.0263. The van der Waals surface area contributed by atoms with Crippen molar-refractivity contribution in [2.24, 2.45) is 0 Å². The van der Waals surface area contributed by atoms with E-state index in [1.807, 2.05) is 19.0 Å². The number of nitrogens with one attached hydrogen (secondary N) is 1. The molecule has 0 unspecified atom stereocenters. The summed E-state index contributed by atoms with van der Waals surface area (Å²) < 4.78 is 0. The molecule has 0 aliphatic carbocycles. The summed E-state index contributed by atoms with van der Waals surface area (Å²) in [5.41, 5.74) is 14.7. The molecule has 0 aromatic heterocycles. The molecular weight excluding hydrogens is 220 g/mol. The molecule has 0 atom stereocenters. The van der Waals surface area contributed by atoms with Gasteiger partial charge < -0.3 is 16.4 Å². The number of amides is 1. The van der Waals surface area contributed by atoms with Gasteiger partial charge in [0.25, 0.3) is 5.91 Å². The topological polar surface area (TPSA) is 93.6 Å². The van der Waals surface area contributed by atoms with Crippen molar-refractivity contribution in [3.63, 3.8) is 0 Å². The Kier molecular flexibility index (Phi) is 4.74. The number of benzene rings is 1. The van der Waals surface area contributed by atoms with Crippen LogP contribution in [0, 0.1) is 0 Å². The van der Waals surface area contributed by atoms with Gasteiger partial charge in [0.05, 0.1) is 18.0 Å². The third-order valence-corrected chi connectivity index (χ3v) is 2.15. The second-order valence-corrected chi connectivity index (χ2v) is 3.93. The van der Waals surface area contributed by atoms with E-state index in [4.69, 9.17) is 16.3 Å². The molecule has 1 aromatic carbocycles. The van der Waals surface area contributed by atoms with Crippen molar-refractivity contribution < 1.29 is 9.63 Å². The summed E-state index contributed by atoms with van der Waals surface area (Å²) in [6.07, 6.45) is 0. The number of carbonyl (C=O) groups is 1. The Balaban J connectivity index is 2.44. The minimum atomic E-state index is -0.338. The summed E-state index contributed by atoms with van der Waals surface area (Å²) >= 11 is 0. The van der Waals surface area contributed by atoms with Gasteiger partial charge in [-0.15, -0.1) is 0 Å². The van der Waals surface area contributed by atoms with E-state index in [1.54, 1.807) is 12.1 Å². The quantitative estimate of drug-likeness (QED) is 0.383. The van der Waals surface area contributed by atoms with Gasteiger partial charge in [0, 0.05) is 12.1 Å². The predicted octanol–water partition coefficient (Wildman–Crippen LogP) is 0.0740. The number of likely N-dealkylation sites (N-methyl/N-ethyl adjacent to an activating group) is 1. The highest BCUT2D eigenvalue weighted by molar-refractivity contribution is 5.95. The minimum Gasteiger partial charge on any atom is -0.397 e. The number of hydrogen-bond donors (Lipinski definition) is 3. The van der Waals surface area contributed by atoms with Gasteiger partial charge in [0.2, 0.25) is 0 Å². The fourth-order valence-corrected chi connectivity index (χ4v) is 1.12. The molecule has 0 spiro atoms. The number of rotatable bonds is 5. The highest BCUT2D eigenvalue weighted by Gasteiger charge is 2.06. The third kappa shape index (κ3) is 4.29. The molecule has 5 N–H and O–H groups in total. The highest BCUT2D eigenvalue weighted by Crippen LogP contribution is 2.15. The highest BCUT2D eigenvalue weighted by atomic mass is 16.6. The molecule has 0 radical (unpaired) electrons. The van der Waals surface area contributed by atoms with Crippen molar-refractivity contribution in [2.45, 2.75) is 0 Å². The first-order chi connectivity index (χ1) is 8.00. The van der Waals surface area contributed by atoms with E-state index in [0.717, 1.165) is 6.54 Å². The van der Waals surface area contributed by atoms with Crippen LogP contribution in [0.25, 0.3) is 0 Å². The molecule has 17 heavy (non-hydrogen) atoms. The van der Waals surface area contributed by atoms with E-state index in [1.165, 1.54) is 6.07 Å². The smallest absolute Gasteiger partial charge is 0.274 e. The Labute approximate surface area is 100 Å². The Hall–Kier alpha value is -1.79. The molecule has 0 fully saturated rings. The van der Waals surface area contributed by atoms with Crippen molar-refractivity contribution in [2.75, 3.05) is 38.7 Å². The van der Waals surface area contributed by atoms with Gasteiger partial charge in [0.15, 0.2) is 0 Å². The molecular formula is C11H18N4O2. The number of nitrogen functional groups attached to an aromatic ring is 2. The molecule has 0 saturated carbocycles. The molecule has 6 nitrogen and oxygen atoms in total. The van der Waals surface area contributed by atoms with E-state index in [9.17, 15) is 4.79 Å². The Morgan fingerprint density at radius 1 is 1.35 bits per heavy atom. The molecule has 1 rings (SSSR count). The molecule has 0 saturated heterocycles. The fourth-order valence-electron chi connectivity index (χ4n) is 1.12. The van der Waals surface area contributed by atoms with E-state index >= 15 is 0 Å². The van der Waals surface area contributed by atoms with Crippen molar-refractivity contribution in [1.29, 1.82) is 0 Å². The van der Waals surface area contributed by atoms with Crippen LogP contribution in [0.15, 0.2) is 18.2 Å². The molecule has 1 amide bonds. The Morgan fingerprint density at radius 3 is 2.65 bits per heavy atom. The molecule has 0 aliphatic rings. The standard InChI is InChI=1S/C11H18N4O2/c1-15(2)5-6-17-14-11(16)8-3-4-9(12)10(13)7-8/h3-4,7H,5-6,12-13H2,1-2H3,(H,14,16).